The highest BCUT2D eigenvalue weighted by atomic mass is 127. The van der Waals surface area contributed by atoms with E-state index in [1.165, 1.54) is 0 Å². The quantitative estimate of drug-likeness (QED) is 0.260. The van der Waals surface area contributed by atoms with Crippen LogP contribution in [0.15, 0.2) is 47.6 Å². The molecule has 0 unspecified atom stereocenters. The first kappa shape index (κ1) is 20.0. The molecule has 0 saturated heterocycles. The van der Waals surface area contributed by atoms with Crippen LogP contribution in [0, 0.1) is 3.57 Å². The summed E-state index contributed by atoms with van der Waals surface area (Å²) >= 11 is 2.14. The maximum atomic E-state index is 11.5. The fourth-order valence-corrected chi connectivity index (χ4v) is 2.87. The fraction of sp³-hybridized carbons (Fsp3) is 0.263. The second kappa shape index (κ2) is 10.6. The van der Waals surface area contributed by atoms with Gasteiger partial charge in [0, 0.05) is 0 Å². The van der Waals surface area contributed by atoms with E-state index >= 15 is 0 Å². The number of nitrogens with zero attached hydrogens (tertiary/aromatic N) is 1. The van der Waals surface area contributed by atoms with E-state index in [-0.39, 0.29) is 6.61 Å². The molecule has 0 aliphatic heterocycles. The Morgan fingerprint density at radius 1 is 1.15 bits per heavy atom. The van der Waals surface area contributed by atoms with Crippen LogP contribution in [0.2, 0.25) is 0 Å². The number of carbonyl (C=O) groups is 1. The van der Waals surface area contributed by atoms with Crippen molar-refractivity contribution in [1.29, 1.82) is 0 Å². The Labute approximate surface area is 166 Å². The van der Waals surface area contributed by atoms with Gasteiger partial charge in [0.05, 0.1) is 28.7 Å². The molecule has 0 spiro atoms. The standard InChI is InChI=1S/C19H21IN2O4/c1-3-24-17-11-14(12-21-22-15-8-6-5-7-9-15)10-16(20)19(17)26-13-18(23)25-4-2/h5-12,22H,3-4,13H2,1-2H3. The maximum absolute atomic E-state index is 11.5. The maximum Gasteiger partial charge on any atom is 0.344 e. The van der Waals surface area contributed by atoms with Gasteiger partial charge in [0.25, 0.3) is 0 Å². The summed E-state index contributed by atoms with van der Waals surface area (Å²) in [6.07, 6.45) is 1.70. The van der Waals surface area contributed by atoms with Crippen molar-refractivity contribution in [2.24, 2.45) is 5.10 Å². The van der Waals surface area contributed by atoms with Gasteiger partial charge in [-0.2, -0.15) is 5.10 Å². The topological polar surface area (TPSA) is 69.2 Å². The van der Waals surface area contributed by atoms with Crippen LogP contribution in [0.25, 0.3) is 0 Å². The van der Waals surface area contributed by atoms with Crippen molar-refractivity contribution in [2.75, 3.05) is 25.2 Å². The van der Waals surface area contributed by atoms with Crippen molar-refractivity contribution in [1.82, 2.24) is 0 Å². The number of ether oxygens (including phenoxy) is 3. The Hall–Kier alpha value is -2.29. The van der Waals surface area contributed by atoms with E-state index in [0.29, 0.717) is 24.7 Å². The van der Waals surface area contributed by atoms with E-state index in [4.69, 9.17) is 14.2 Å². The average molecular weight is 468 g/mol. The first-order valence-electron chi connectivity index (χ1n) is 8.23. The summed E-state index contributed by atoms with van der Waals surface area (Å²) in [7, 11) is 0. The van der Waals surface area contributed by atoms with Gasteiger partial charge in [0.2, 0.25) is 0 Å². The van der Waals surface area contributed by atoms with Crippen molar-refractivity contribution in [3.63, 3.8) is 0 Å². The largest absolute Gasteiger partial charge is 0.490 e. The number of carbonyl (C=O) groups excluding carboxylic acids is 1. The second-order valence-corrected chi connectivity index (χ2v) is 6.25. The van der Waals surface area contributed by atoms with Crippen LogP contribution in [0.3, 0.4) is 0 Å². The normalized spacial score (nSPS) is 10.6. The Bertz CT molecular complexity index is 751. The van der Waals surface area contributed by atoms with Crippen LogP contribution in [0.5, 0.6) is 11.5 Å². The first-order valence-corrected chi connectivity index (χ1v) is 9.30. The molecule has 0 aromatic heterocycles. The average Bonchev–Trinajstić information content (AvgIpc) is 2.62. The van der Waals surface area contributed by atoms with Crippen LogP contribution in [-0.2, 0) is 9.53 Å². The van der Waals surface area contributed by atoms with E-state index in [1.54, 1.807) is 13.1 Å². The smallest absolute Gasteiger partial charge is 0.344 e. The molecule has 2 aromatic rings. The summed E-state index contributed by atoms with van der Waals surface area (Å²) in [5.41, 5.74) is 4.72. The molecule has 0 atom stereocenters. The predicted octanol–water partition coefficient (Wildman–Crippen LogP) is 4.08. The van der Waals surface area contributed by atoms with Gasteiger partial charge in [-0.05, 0) is 66.3 Å². The lowest BCUT2D eigenvalue weighted by molar-refractivity contribution is -0.145. The molecule has 0 aliphatic carbocycles. The minimum atomic E-state index is -0.413. The number of hydrazone groups is 1. The molecule has 26 heavy (non-hydrogen) atoms. The summed E-state index contributed by atoms with van der Waals surface area (Å²) < 4.78 is 17.0. The lowest BCUT2D eigenvalue weighted by Crippen LogP contribution is -2.15. The summed E-state index contributed by atoms with van der Waals surface area (Å²) in [6, 6.07) is 13.4. The van der Waals surface area contributed by atoms with Gasteiger partial charge >= 0.3 is 5.97 Å². The molecule has 0 heterocycles. The highest BCUT2D eigenvalue weighted by Crippen LogP contribution is 2.34. The van der Waals surface area contributed by atoms with E-state index in [1.807, 2.05) is 49.4 Å². The molecule has 7 heteroatoms. The summed E-state index contributed by atoms with van der Waals surface area (Å²) in [4.78, 5) is 11.5. The van der Waals surface area contributed by atoms with Gasteiger partial charge in [-0.1, -0.05) is 18.2 Å². The number of hydrogen-bond acceptors (Lipinski definition) is 6. The van der Waals surface area contributed by atoms with Crippen molar-refractivity contribution in [3.05, 3.63) is 51.6 Å². The van der Waals surface area contributed by atoms with Crippen LogP contribution in [-0.4, -0.2) is 32.0 Å². The zero-order valence-corrected chi connectivity index (χ0v) is 16.9. The van der Waals surface area contributed by atoms with Crippen molar-refractivity contribution < 1.29 is 19.0 Å². The van der Waals surface area contributed by atoms with Gasteiger partial charge in [0.15, 0.2) is 18.1 Å². The number of para-hydroxylation sites is 1. The van der Waals surface area contributed by atoms with Crippen LogP contribution < -0.4 is 14.9 Å². The molecule has 0 saturated carbocycles. The predicted molar refractivity (Wildman–Crippen MR) is 110 cm³/mol. The van der Waals surface area contributed by atoms with E-state index < -0.39 is 5.97 Å². The molecule has 0 bridgehead atoms. The highest BCUT2D eigenvalue weighted by Gasteiger charge is 2.14. The molecule has 1 N–H and O–H groups in total. The number of esters is 1. The number of rotatable bonds is 9. The van der Waals surface area contributed by atoms with Crippen molar-refractivity contribution >= 4 is 40.5 Å². The molecule has 0 radical (unpaired) electrons. The fourth-order valence-electron chi connectivity index (χ4n) is 2.09. The third-order valence-electron chi connectivity index (χ3n) is 3.15. The van der Waals surface area contributed by atoms with Crippen LogP contribution >= 0.6 is 22.6 Å². The molecular weight excluding hydrogens is 447 g/mol. The van der Waals surface area contributed by atoms with Crippen molar-refractivity contribution in [2.45, 2.75) is 13.8 Å². The summed E-state index contributed by atoms with van der Waals surface area (Å²) in [5, 5.41) is 4.23. The number of benzene rings is 2. The molecule has 0 fully saturated rings. The molecule has 0 amide bonds. The second-order valence-electron chi connectivity index (χ2n) is 5.09. The van der Waals surface area contributed by atoms with Gasteiger partial charge in [-0.25, -0.2) is 4.79 Å². The van der Waals surface area contributed by atoms with Gasteiger partial charge < -0.3 is 14.2 Å². The minimum Gasteiger partial charge on any atom is -0.490 e. The van der Waals surface area contributed by atoms with Gasteiger partial charge in [-0.3, -0.25) is 5.43 Å². The number of anilines is 1. The molecule has 2 rings (SSSR count). The monoisotopic (exact) mass is 468 g/mol. The highest BCUT2D eigenvalue weighted by molar-refractivity contribution is 14.1. The zero-order valence-electron chi connectivity index (χ0n) is 14.7. The lowest BCUT2D eigenvalue weighted by atomic mass is 10.2. The minimum absolute atomic E-state index is 0.160. The molecule has 0 aliphatic rings. The molecular formula is C19H21IN2O4. The molecule has 2 aromatic carbocycles. The summed E-state index contributed by atoms with van der Waals surface area (Å²) in [6.45, 7) is 4.29. The molecule has 138 valence electrons. The Balaban J connectivity index is 2.12. The Kier molecular flexibility index (Phi) is 8.20. The van der Waals surface area contributed by atoms with Crippen molar-refractivity contribution in [3.8, 4) is 11.5 Å². The molecule has 6 nitrogen and oxygen atoms in total. The number of nitrogens with one attached hydrogen (secondary N) is 1. The van der Waals surface area contributed by atoms with Gasteiger partial charge in [0.1, 0.15) is 0 Å². The first-order chi connectivity index (χ1) is 12.6. The van der Waals surface area contributed by atoms with E-state index in [2.05, 4.69) is 33.1 Å². The van der Waals surface area contributed by atoms with Crippen LogP contribution in [0.4, 0.5) is 5.69 Å². The SMILES string of the molecule is CCOC(=O)COc1c(I)cc(C=NNc2ccccc2)cc1OCC. The Morgan fingerprint density at radius 3 is 2.62 bits per heavy atom. The third-order valence-corrected chi connectivity index (χ3v) is 3.95. The summed E-state index contributed by atoms with van der Waals surface area (Å²) in [5.74, 6) is 0.668. The lowest BCUT2D eigenvalue weighted by Gasteiger charge is -2.14. The Morgan fingerprint density at radius 2 is 1.92 bits per heavy atom. The van der Waals surface area contributed by atoms with Gasteiger partial charge in [-0.15, -0.1) is 0 Å². The third kappa shape index (κ3) is 6.21. The van der Waals surface area contributed by atoms with E-state index in [9.17, 15) is 4.79 Å². The van der Waals surface area contributed by atoms with Crippen LogP contribution in [0.1, 0.15) is 19.4 Å². The zero-order chi connectivity index (χ0) is 18.8. The number of hydrogen-bond donors (Lipinski definition) is 1. The number of halogens is 1. The van der Waals surface area contributed by atoms with E-state index in [0.717, 1.165) is 14.8 Å².